The number of H-pyrrole nitrogens is 3. The molecule has 2 fully saturated rings. The standard InChI is InChI=1S/C12H15N3O5.C3H3N3O3/c1-2-3-13-10(16)14(4-8-6-19-8)12(18)15(11(13)17)5-9-7-20-9;7-1-4-2(8)6-3(9)5-1/h2,8-9H,1,3-7H2;(H3,4,5,6,7,8,9). The average molecular weight is 410 g/mol. The molecule has 29 heavy (non-hydrogen) atoms. The minimum atomic E-state index is -0.802. The van der Waals surface area contributed by atoms with Gasteiger partial charge in [-0.1, -0.05) is 6.08 Å². The molecule has 2 aromatic rings. The van der Waals surface area contributed by atoms with Gasteiger partial charge in [-0.2, -0.15) is 0 Å². The molecule has 4 heterocycles. The van der Waals surface area contributed by atoms with Crippen molar-refractivity contribution in [2.75, 3.05) is 13.2 Å². The number of nitrogens with zero attached hydrogens (tertiary/aromatic N) is 3. The first-order valence-corrected chi connectivity index (χ1v) is 8.51. The monoisotopic (exact) mass is 410 g/mol. The Morgan fingerprint density at radius 3 is 1.41 bits per heavy atom. The van der Waals surface area contributed by atoms with Crippen molar-refractivity contribution in [3.63, 3.8) is 0 Å². The van der Waals surface area contributed by atoms with Crippen LogP contribution in [0.5, 0.6) is 0 Å². The highest BCUT2D eigenvalue weighted by molar-refractivity contribution is 4.86. The molecule has 0 spiro atoms. The van der Waals surface area contributed by atoms with Crippen LogP contribution in [0.1, 0.15) is 0 Å². The van der Waals surface area contributed by atoms with Crippen molar-refractivity contribution in [2.45, 2.75) is 31.8 Å². The van der Waals surface area contributed by atoms with Gasteiger partial charge in [0.15, 0.2) is 0 Å². The predicted octanol–water partition coefficient (Wildman–Crippen LogP) is -4.09. The Labute approximate surface area is 159 Å². The van der Waals surface area contributed by atoms with E-state index in [-0.39, 0.29) is 31.8 Å². The summed E-state index contributed by atoms with van der Waals surface area (Å²) in [7, 11) is 0. The molecule has 2 atom stereocenters. The van der Waals surface area contributed by atoms with E-state index < -0.39 is 34.1 Å². The highest BCUT2D eigenvalue weighted by Gasteiger charge is 2.29. The molecule has 2 unspecified atom stereocenters. The SMILES string of the molecule is C=CCn1c(=O)n(CC2CO2)c(=O)n(CC2CO2)c1=O.O=c1[nH]c(=O)[nH]c(=O)[nH]1. The predicted molar refractivity (Wildman–Crippen MR) is 97.2 cm³/mol. The molecule has 0 aromatic carbocycles. The van der Waals surface area contributed by atoms with E-state index >= 15 is 0 Å². The third-order valence-electron chi connectivity index (χ3n) is 3.96. The first-order valence-electron chi connectivity index (χ1n) is 8.51. The van der Waals surface area contributed by atoms with Gasteiger partial charge in [0.1, 0.15) is 0 Å². The number of rotatable bonds is 6. The van der Waals surface area contributed by atoms with Gasteiger partial charge in [0.2, 0.25) is 0 Å². The maximum atomic E-state index is 12.3. The summed E-state index contributed by atoms with van der Waals surface area (Å²) >= 11 is 0. The summed E-state index contributed by atoms with van der Waals surface area (Å²) in [6.07, 6.45) is 1.20. The molecule has 14 heteroatoms. The van der Waals surface area contributed by atoms with Crippen LogP contribution in [0.4, 0.5) is 0 Å². The van der Waals surface area contributed by atoms with Crippen LogP contribution in [0, 0.1) is 0 Å². The fourth-order valence-electron chi connectivity index (χ4n) is 2.44. The quantitative estimate of drug-likeness (QED) is 0.316. The van der Waals surface area contributed by atoms with Crippen LogP contribution in [-0.4, -0.2) is 54.1 Å². The van der Waals surface area contributed by atoms with E-state index in [4.69, 9.17) is 9.47 Å². The van der Waals surface area contributed by atoms with Crippen LogP contribution in [0.15, 0.2) is 41.4 Å². The summed E-state index contributed by atoms with van der Waals surface area (Å²) < 4.78 is 13.2. The third-order valence-corrected chi connectivity index (χ3v) is 3.96. The van der Waals surface area contributed by atoms with E-state index in [1.807, 2.05) is 0 Å². The highest BCUT2D eigenvalue weighted by Crippen LogP contribution is 2.10. The Bertz CT molecular complexity index is 1120. The lowest BCUT2D eigenvalue weighted by Crippen LogP contribution is -2.55. The van der Waals surface area contributed by atoms with Gasteiger partial charge in [0, 0.05) is 0 Å². The minimum Gasteiger partial charge on any atom is -0.371 e. The Hall–Kier alpha value is -3.52. The molecule has 2 saturated heterocycles. The van der Waals surface area contributed by atoms with Crippen molar-refractivity contribution in [2.24, 2.45) is 0 Å². The minimum absolute atomic E-state index is 0.0645. The fraction of sp³-hybridized carbons (Fsp3) is 0.467. The number of hydrogen-bond acceptors (Lipinski definition) is 8. The van der Waals surface area contributed by atoms with E-state index in [9.17, 15) is 28.8 Å². The summed E-state index contributed by atoms with van der Waals surface area (Å²) in [6.45, 7) is 4.97. The molecular formula is C15H18N6O8. The average Bonchev–Trinajstić information content (AvgIpc) is 3.54. The lowest BCUT2D eigenvalue weighted by molar-refractivity contribution is 0.343. The number of aromatic nitrogens is 6. The number of hydrogen-bond donors (Lipinski definition) is 3. The molecule has 0 saturated carbocycles. The first kappa shape index (κ1) is 20.2. The molecule has 0 aliphatic carbocycles. The zero-order valence-corrected chi connectivity index (χ0v) is 15.1. The van der Waals surface area contributed by atoms with Crippen molar-refractivity contribution in [1.29, 1.82) is 0 Å². The van der Waals surface area contributed by atoms with Gasteiger partial charge in [0.25, 0.3) is 0 Å². The van der Waals surface area contributed by atoms with Gasteiger partial charge >= 0.3 is 34.1 Å². The lowest BCUT2D eigenvalue weighted by Gasteiger charge is -2.11. The van der Waals surface area contributed by atoms with E-state index in [0.717, 1.165) is 13.7 Å². The van der Waals surface area contributed by atoms with Gasteiger partial charge in [-0.05, 0) is 0 Å². The van der Waals surface area contributed by atoms with E-state index in [0.29, 0.717) is 13.2 Å². The van der Waals surface area contributed by atoms with Gasteiger partial charge in [0.05, 0.1) is 45.1 Å². The molecule has 4 rings (SSSR count). The van der Waals surface area contributed by atoms with E-state index in [1.54, 1.807) is 15.0 Å². The number of aromatic amines is 3. The first-order chi connectivity index (χ1) is 13.8. The lowest BCUT2D eigenvalue weighted by atomic mass is 10.4. The number of ether oxygens (including phenoxy) is 2. The van der Waals surface area contributed by atoms with Crippen LogP contribution in [0.2, 0.25) is 0 Å². The van der Waals surface area contributed by atoms with E-state index in [1.165, 1.54) is 6.08 Å². The van der Waals surface area contributed by atoms with Crippen molar-refractivity contribution in [1.82, 2.24) is 28.7 Å². The van der Waals surface area contributed by atoms with Gasteiger partial charge in [-0.3, -0.25) is 15.0 Å². The molecule has 2 aliphatic heterocycles. The van der Waals surface area contributed by atoms with Crippen LogP contribution >= 0.6 is 0 Å². The Balaban J connectivity index is 0.000000224. The summed E-state index contributed by atoms with van der Waals surface area (Å²) in [5.41, 5.74) is -4.26. The summed E-state index contributed by atoms with van der Waals surface area (Å²) in [5, 5.41) is 0. The molecule has 156 valence electrons. The summed E-state index contributed by atoms with van der Waals surface area (Å²) in [5.74, 6) is 0. The second kappa shape index (κ2) is 8.24. The van der Waals surface area contributed by atoms with Crippen molar-refractivity contribution >= 4 is 0 Å². The Morgan fingerprint density at radius 1 is 0.759 bits per heavy atom. The van der Waals surface area contributed by atoms with Crippen LogP contribution in [-0.2, 0) is 29.1 Å². The Kier molecular flexibility index (Phi) is 5.74. The second-order valence-corrected chi connectivity index (χ2v) is 6.24. The van der Waals surface area contributed by atoms with Crippen LogP contribution < -0.4 is 34.1 Å². The largest absolute Gasteiger partial charge is 0.371 e. The van der Waals surface area contributed by atoms with Crippen LogP contribution in [0.3, 0.4) is 0 Å². The number of nitrogens with one attached hydrogen (secondary N) is 3. The second-order valence-electron chi connectivity index (χ2n) is 6.24. The molecule has 14 nitrogen and oxygen atoms in total. The van der Waals surface area contributed by atoms with Crippen molar-refractivity contribution in [3.8, 4) is 0 Å². The molecule has 2 aliphatic rings. The summed E-state index contributed by atoms with van der Waals surface area (Å²) in [4.78, 5) is 72.6. The molecule has 0 radical (unpaired) electrons. The normalized spacial score (nSPS) is 19.2. The van der Waals surface area contributed by atoms with Crippen molar-refractivity contribution < 1.29 is 9.47 Å². The summed E-state index contributed by atoms with van der Waals surface area (Å²) in [6, 6.07) is 0. The maximum Gasteiger partial charge on any atom is 0.336 e. The fourth-order valence-corrected chi connectivity index (χ4v) is 2.44. The third kappa shape index (κ3) is 5.05. The van der Waals surface area contributed by atoms with Crippen molar-refractivity contribution in [3.05, 3.63) is 75.6 Å². The molecule has 2 aromatic heterocycles. The van der Waals surface area contributed by atoms with Gasteiger partial charge in [-0.15, -0.1) is 6.58 Å². The molecular weight excluding hydrogens is 392 g/mol. The van der Waals surface area contributed by atoms with Gasteiger partial charge in [-0.25, -0.2) is 42.5 Å². The zero-order chi connectivity index (χ0) is 21.1. The smallest absolute Gasteiger partial charge is 0.336 e. The topological polar surface area (TPSA) is 190 Å². The van der Waals surface area contributed by atoms with E-state index in [2.05, 4.69) is 6.58 Å². The number of allylic oxidation sites excluding steroid dienone is 1. The molecule has 3 N–H and O–H groups in total. The zero-order valence-electron chi connectivity index (χ0n) is 15.1. The molecule has 0 bridgehead atoms. The molecule has 0 amide bonds. The maximum absolute atomic E-state index is 12.3. The Morgan fingerprint density at radius 2 is 1.10 bits per heavy atom. The number of epoxide rings is 2. The van der Waals surface area contributed by atoms with Crippen LogP contribution in [0.25, 0.3) is 0 Å². The highest BCUT2D eigenvalue weighted by atomic mass is 16.6. The van der Waals surface area contributed by atoms with Gasteiger partial charge < -0.3 is 9.47 Å².